The average Bonchev–Trinajstić information content (AvgIpc) is 2.45. The third-order valence-electron chi connectivity index (χ3n) is 3.04. The van der Waals surface area contributed by atoms with Gasteiger partial charge in [0.2, 0.25) is 0 Å². The molecule has 5 nitrogen and oxygen atoms in total. The van der Waals surface area contributed by atoms with Crippen molar-refractivity contribution in [3.63, 3.8) is 0 Å². The fraction of sp³-hybridized carbons (Fsp3) is 1.00. The minimum absolute atomic E-state index is 0. The molecule has 0 spiro atoms. The molecule has 0 saturated carbocycles. The van der Waals surface area contributed by atoms with Crippen LogP contribution in [0.1, 0.15) is 78.1 Å². The van der Waals surface area contributed by atoms with E-state index in [-0.39, 0.29) is 36.2 Å². The van der Waals surface area contributed by atoms with Crippen LogP contribution in [-0.2, 0) is 13.6 Å². The summed E-state index contributed by atoms with van der Waals surface area (Å²) >= 11 is 0. The molecule has 0 aliphatic heterocycles. The normalized spacial score (nSPS) is 12.7. The summed E-state index contributed by atoms with van der Waals surface area (Å²) in [5.41, 5.74) is 0. The Bertz CT molecular complexity index is 258. The molecule has 0 heterocycles. The molecule has 1 unspecified atom stereocenters. The predicted molar refractivity (Wildman–Crippen MR) is 101 cm³/mol. The molecule has 0 aromatic carbocycles. The van der Waals surface area contributed by atoms with Crippen LogP contribution in [0.15, 0.2) is 0 Å². The van der Waals surface area contributed by atoms with Gasteiger partial charge in [0.25, 0.3) is 0 Å². The van der Waals surface area contributed by atoms with Gasteiger partial charge in [-0.1, -0.05) is 64.7 Å². The van der Waals surface area contributed by atoms with E-state index in [2.05, 4.69) is 16.8 Å². The SMILES string of the molecule is CCCCCCCCCCCCOP(=O)(O)OCC.CNC.[NaH]. The summed E-state index contributed by atoms with van der Waals surface area (Å²) in [6.45, 7) is 4.42. The molecular weight excluding hydrogens is 324 g/mol. The summed E-state index contributed by atoms with van der Waals surface area (Å²) in [6.07, 6.45) is 12.4. The Kier molecular flexibility index (Phi) is 28.9. The second kappa shape index (κ2) is 23.1. The van der Waals surface area contributed by atoms with Gasteiger partial charge in [0.1, 0.15) is 0 Å². The van der Waals surface area contributed by atoms with Crippen LogP contribution in [0.2, 0.25) is 0 Å². The second-order valence-corrected chi connectivity index (χ2v) is 6.86. The van der Waals surface area contributed by atoms with Crippen LogP contribution in [-0.4, -0.2) is 61.8 Å². The quantitative estimate of drug-likeness (QED) is 0.274. The molecule has 1 atom stereocenters. The van der Waals surface area contributed by atoms with Crippen molar-refractivity contribution >= 4 is 37.4 Å². The van der Waals surface area contributed by atoms with Crippen molar-refractivity contribution in [2.75, 3.05) is 27.3 Å². The van der Waals surface area contributed by atoms with E-state index in [1.54, 1.807) is 6.92 Å². The molecular formula is C16H39NNaO4P. The number of hydrogen-bond donors (Lipinski definition) is 2. The van der Waals surface area contributed by atoms with E-state index in [0.29, 0.717) is 6.61 Å². The Morgan fingerprint density at radius 2 is 1.22 bits per heavy atom. The molecule has 0 rings (SSSR count). The van der Waals surface area contributed by atoms with Crippen molar-refractivity contribution in [3.8, 4) is 0 Å². The maximum absolute atomic E-state index is 11.2. The van der Waals surface area contributed by atoms with Gasteiger partial charge in [-0.2, -0.15) is 0 Å². The van der Waals surface area contributed by atoms with Gasteiger partial charge in [-0.05, 0) is 27.4 Å². The van der Waals surface area contributed by atoms with Crippen molar-refractivity contribution in [3.05, 3.63) is 0 Å². The number of rotatable bonds is 14. The van der Waals surface area contributed by atoms with E-state index >= 15 is 0 Å². The molecule has 0 amide bonds. The van der Waals surface area contributed by atoms with E-state index in [1.807, 2.05) is 14.1 Å². The Morgan fingerprint density at radius 3 is 1.61 bits per heavy atom. The number of unbranched alkanes of at least 4 members (excludes halogenated alkanes) is 9. The van der Waals surface area contributed by atoms with Crippen molar-refractivity contribution in [1.82, 2.24) is 5.32 Å². The summed E-state index contributed by atoms with van der Waals surface area (Å²) in [5, 5.41) is 2.75. The topological polar surface area (TPSA) is 67.8 Å². The molecule has 7 heteroatoms. The van der Waals surface area contributed by atoms with Crippen LogP contribution in [0.25, 0.3) is 0 Å². The number of hydrogen-bond acceptors (Lipinski definition) is 4. The number of nitrogens with one attached hydrogen (secondary N) is 1. The van der Waals surface area contributed by atoms with Crippen molar-refractivity contribution in [2.24, 2.45) is 0 Å². The number of phosphoric ester groups is 1. The zero-order valence-corrected chi connectivity index (χ0v) is 16.0. The van der Waals surface area contributed by atoms with Gasteiger partial charge < -0.3 is 10.2 Å². The molecule has 2 N–H and O–H groups in total. The second-order valence-electron chi connectivity index (χ2n) is 5.40. The maximum atomic E-state index is 11.2. The molecule has 0 radical (unpaired) electrons. The predicted octanol–water partition coefficient (Wildman–Crippen LogP) is 4.25. The van der Waals surface area contributed by atoms with Gasteiger partial charge in [-0.3, -0.25) is 9.05 Å². The van der Waals surface area contributed by atoms with Crippen LogP contribution in [0.5, 0.6) is 0 Å². The van der Waals surface area contributed by atoms with Crippen molar-refractivity contribution < 1.29 is 18.5 Å². The summed E-state index contributed by atoms with van der Waals surface area (Å²) in [6, 6.07) is 0. The van der Waals surface area contributed by atoms with Crippen molar-refractivity contribution in [1.29, 1.82) is 0 Å². The average molecular weight is 363 g/mol. The molecule has 138 valence electrons. The molecule has 23 heavy (non-hydrogen) atoms. The standard InChI is InChI=1S/C14H31O4P.C2H7N.Na.H/c1-3-5-6-7-8-9-10-11-12-13-14-18-19(15,16)17-4-2;1-3-2;;/h3-14H2,1-2H3,(H,15,16);3H,1-2H3;;. The fourth-order valence-corrected chi connectivity index (χ4v) is 2.73. The number of phosphoric acid groups is 1. The first kappa shape index (κ1) is 28.9. The van der Waals surface area contributed by atoms with Crippen LogP contribution in [0, 0.1) is 0 Å². The van der Waals surface area contributed by atoms with E-state index < -0.39 is 7.82 Å². The zero-order valence-electron chi connectivity index (χ0n) is 15.1. The van der Waals surface area contributed by atoms with Crippen LogP contribution < -0.4 is 5.32 Å². The minimum atomic E-state index is -3.77. The van der Waals surface area contributed by atoms with Crippen LogP contribution in [0.3, 0.4) is 0 Å². The van der Waals surface area contributed by atoms with Crippen molar-refractivity contribution in [2.45, 2.75) is 78.1 Å². The zero-order chi connectivity index (χ0) is 17.1. The third-order valence-corrected chi connectivity index (χ3v) is 4.14. The summed E-state index contributed by atoms with van der Waals surface area (Å²) < 4.78 is 20.6. The van der Waals surface area contributed by atoms with Gasteiger partial charge in [0.15, 0.2) is 0 Å². The Hall–Kier alpha value is 1.07. The molecule has 0 bridgehead atoms. The van der Waals surface area contributed by atoms with Gasteiger partial charge in [-0.25, -0.2) is 4.57 Å². The molecule has 0 aromatic heterocycles. The van der Waals surface area contributed by atoms with Gasteiger partial charge >= 0.3 is 37.4 Å². The monoisotopic (exact) mass is 363 g/mol. The molecule has 0 aromatic rings. The molecule has 0 fully saturated rings. The molecule has 0 aliphatic rings. The first-order valence-corrected chi connectivity index (χ1v) is 10.2. The fourth-order valence-electron chi connectivity index (χ4n) is 1.97. The molecule has 0 aliphatic carbocycles. The summed E-state index contributed by atoms with van der Waals surface area (Å²) in [5.74, 6) is 0. The third kappa shape index (κ3) is 28.2. The van der Waals surface area contributed by atoms with Gasteiger partial charge in [-0.15, -0.1) is 0 Å². The van der Waals surface area contributed by atoms with E-state index in [1.165, 1.54) is 51.4 Å². The molecule has 0 saturated heterocycles. The van der Waals surface area contributed by atoms with Gasteiger partial charge in [0, 0.05) is 0 Å². The Labute approximate surface area is 166 Å². The van der Waals surface area contributed by atoms with E-state index in [0.717, 1.165) is 12.8 Å². The Morgan fingerprint density at radius 1 is 0.826 bits per heavy atom. The summed E-state index contributed by atoms with van der Waals surface area (Å²) in [7, 11) is -0.0196. The summed E-state index contributed by atoms with van der Waals surface area (Å²) in [4.78, 5) is 9.17. The van der Waals surface area contributed by atoms with Crippen LogP contribution >= 0.6 is 7.82 Å². The van der Waals surface area contributed by atoms with E-state index in [9.17, 15) is 4.57 Å². The van der Waals surface area contributed by atoms with Gasteiger partial charge in [0.05, 0.1) is 13.2 Å². The first-order chi connectivity index (χ1) is 10.5. The Balaban J connectivity index is -0.000000920. The van der Waals surface area contributed by atoms with E-state index in [4.69, 9.17) is 9.42 Å². The van der Waals surface area contributed by atoms with Crippen LogP contribution in [0.4, 0.5) is 0 Å². The first-order valence-electron chi connectivity index (χ1n) is 8.74.